The zero-order chi connectivity index (χ0) is 15.7. The predicted octanol–water partition coefficient (Wildman–Crippen LogP) is -0.501. The summed E-state index contributed by atoms with van der Waals surface area (Å²) in [7, 11) is -1.53. The number of nitrogens with zero attached hydrogens (tertiary/aromatic N) is 3. The number of benzene rings is 1. The molecule has 118 valence electrons. The van der Waals surface area contributed by atoms with Crippen molar-refractivity contribution in [2.45, 2.75) is 4.90 Å². The highest BCUT2D eigenvalue weighted by molar-refractivity contribution is 7.90. The van der Waals surface area contributed by atoms with Gasteiger partial charge in [0.25, 0.3) is 10.0 Å². The Morgan fingerprint density at radius 2 is 1.91 bits per heavy atom. The first-order chi connectivity index (χ1) is 10.5. The molecule has 2 aliphatic heterocycles. The predicted molar refractivity (Wildman–Crippen MR) is 82.2 cm³/mol. The van der Waals surface area contributed by atoms with Crippen LogP contribution in [0, 0.1) is 0 Å². The number of nitrogens with one attached hydrogen (secondary N) is 1. The zero-order valence-corrected chi connectivity index (χ0v) is 13.1. The van der Waals surface area contributed by atoms with Crippen molar-refractivity contribution in [1.82, 2.24) is 14.5 Å². The fourth-order valence-electron chi connectivity index (χ4n) is 2.55. The van der Waals surface area contributed by atoms with Crippen molar-refractivity contribution in [2.75, 3.05) is 39.8 Å². The molecule has 1 aromatic carbocycles. The average Bonchev–Trinajstić information content (AvgIpc) is 2.77. The van der Waals surface area contributed by atoms with E-state index in [0.717, 1.165) is 13.1 Å². The number of hydrogen-bond acceptors (Lipinski definition) is 5. The molecule has 1 amide bonds. The second kappa shape index (κ2) is 5.69. The molecule has 0 aliphatic carbocycles. The minimum atomic E-state index is -3.55. The van der Waals surface area contributed by atoms with Gasteiger partial charge in [-0.15, -0.1) is 0 Å². The van der Waals surface area contributed by atoms with Crippen LogP contribution in [-0.4, -0.2) is 69.7 Å². The number of carbonyl (C=O) groups excluding carboxylic acids is 1. The fourth-order valence-corrected chi connectivity index (χ4v) is 3.80. The number of piperazine rings is 1. The van der Waals surface area contributed by atoms with Crippen molar-refractivity contribution >= 4 is 21.8 Å². The first-order valence-corrected chi connectivity index (χ1v) is 8.59. The largest absolute Gasteiger partial charge is 0.339 e. The number of rotatable bonds is 2. The molecular weight excluding hydrogens is 304 g/mol. The maximum absolute atomic E-state index is 12.2. The Labute approximate surface area is 129 Å². The number of hydrogen-bond donors (Lipinski definition) is 1. The first kappa shape index (κ1) is 15.0. The number of amidine groups is 1. The average molecular weight is 322 g/mol. The summed E-state index contributed by atoms with van der Waals surface area (Å²) in [6.07, 6.45) is 0. The lowest BCUT2D eigenvalue weighted by molar-refractivity contribution is -0.131. The summed E-state index contributed by atoms with van der Waals surface area (Å²) in [6.45, 7) is 3.01. The lowest BCUT2D eigenvalue weighted by Crippen LogP contribution is -2.48. The van der Waals surface area contributed by atoms with Crippen molar-refractivity contribution in [3.8, 4) is 0 Å². The van der Waals surface area contributed by atoms with Gasteiger partial charge >= 0.3 is 0 Å². The zero-order valence-electron chi connectivity index (χ0n) is 12.3. The molecule has 3 rings (SSSR count). The Balaban J connectivity index is 1.73. The van der Waals surface area contributed by atoms with E-state index < -0.39 is 10.0 Å². The van der Waals surface area contributed by atoms with Gasteiger partial charge in [0.15, 0.2) is 0 Å². The maximum atomic E-state index is 12.2. The topological polar surface area (TPSA) is 82.1 Å². The Morgan fingerprint density at radius 1 is 1.23 bits per heavy atom. The van der Waals surface area contributed by atoms with Crippen LogP contribution in [0.3, 0.4) is 0 Å². The highest BCUT2D eigenvalue weighted by Gasteiger charge is 2.30. The lowest BCUT2D eigenvalue weighted by Gasteiger charge is -2.32. The molecule has 0 radical (unpaired) electrons. The second-order valence-corrected chi connectivity index (χ2v) is 7.10. The van der Waals surface area contributed by atoms with E-state index in [0.29, 0.717) is 18.7 Å². The summed E-state index contributed by atoms with van der Waals surface area (Å²) in [5, 5.41) is 0. The van der Waals surface area contributed by atoms with Gasteiger partial charge < -0.3 is 9.80 Å². The van der Waals surface area contributed by atoms with E-state index in [1.807, 2.05) is 7.05 Å². The molecule has 0 saturated carbocycles. The van der Waals surface area contributed by atoms with Gasteiger partial charge in [0.2, 0.25) is 5.91 Å². The third kappa shape index (κ3) is 2.84. The van der Waals surface area contributed by atoms with Gasteiger partial charge in [-0.2, -0.15) is 0 Å². The molecular formula is C14H18N4O3S. The summed E-state index contributed by atoms with van der Waals surface area (Å²) in [6, 6.07) is 6.63. The van der Waals surface area contributed by atoms with Crippen LogP contribution < -0.4 is 4.72 Å². The molecule has 0 aromatic heterocycles. The van der Waals surface area contributed by atoms with Crippen LogP contribution in [0.25, 0.3) is 0 Å². The second-order valence-electron chi connectivity index (χ2n) is 5.45. The summed E-state index contributed by atoms with van der Waals surface area (Å²) >= 11 is 0. The number of likely N-dealkylation sites (N-methyl/N-ethyl adjacent to an activating group) is 1. The van der Waals surface area contributed by atoms with Crippen molar-refractivity contribution in [3.05, 3.63) is 29.8 Å². The summed E-state index contributed by atoms with van der Waals surface area (Å²) in [4.78, 5) is 20.5. The lowest BCUT2D eigenvalue weighted by atomic mass is 10.2. The number of aliphatic imine (C=N–C) groups is 1. The molecule has 1 N–H and O–H groups in total. The van der Waals surface area contributed by atoms with Crippen molar-refractivity contribution < 1.29 is 13.2 Å². The molecule has 7 nitrogen and oxygen atoms in total. The molecule has 8 heteroatoms. The summed E-state index contributed by atoms with van der Waals surface area (Å²) < 4.78 is 26.3. The normalized spacial score (nSPS) is 22.4. The molecule has 22 heavy (non-hydrogen) atoms. The van der Waals surface area contributed by atoms with Gasteiger partial charge in [-0.3, -0.25) is 14.5 Å². The molecule has 1 fully saturated rings. The Morgan fingerprint density at radius 3 is 2.64 bits per heavy atom. The van der Waals surface area contributed by atoms with Gasteiger partial charge in [-0.25, -0.2) is 8.42 Å². The maximum Gasteiger partial charge on any atom is 0.263 e. The molecule has 0 atom stereocenters. The van der Waals surface area contributed by atoms with Crippen LogP contribution in [0.5, 0.6) is 0 Å². The monoisotopic (exact) mass is 322 g/mol. The van der Waals surface area contributed by atoms with Crippen molar-refractivity contribution in [1.29, 1.82) is 0 Å². The molecule has 0 unspecified atom stereocenters. The van der Waals surface area contributed by atoms with Gasteiger partial charge in [0.05, 0.1) is 4.90 Å². The highest BCUT2D eigenvalue weighted by atomic mass is 32.2. The fraction of sp³-hybridized carbons (Fsp3) is 0.429. The van der Waals surface area contributed by atoms with Gasteiger partial charge in [-0.05, 0) is 19.2 Å². The third-order valence-corrected chi connectivity index (χ3v) is 5.29. The molecule has 2 aliphatic rings. The van der Waals surface area contributed by atoms with Gasteiger partial charge in [-0.1, -0.05) is 12.1 Å². The SMILES string of the molecule is CN1CCN(C(=O)CN=C2NS(=O)(=O)c3ccccc32)CC1. The molecule has 0 bridgehead atoms. The molecule has 2 heterocycles. The van der Waals surface area contributed by atoms with Crippen LogP contribution >= 0.6 is 0 Å². The van der Waals surface area contributed by atoms with Crippen LogP contribution in [0.15, 0.2) is 34.2 Å². The quantitative estimate of drug-likeness (QED) is 0.796. The van der Waals surface area contributed by atoms with Gasteiger partial charge in [0, 0.05) is 31.7 Å². The van der Waals surface area contributed by atoms with Crippen molar-refractivity contribution in [3.63, 3.8) is 0 Å². The van der Waals surface area contributed by atoms with Crippen LogP contribution in [0.2, 0.25) is 0 Å². The van der Waals surface area contributed by atoms with Gasteiger partial charge in [0.1, 0.15) is 12.4 Å². The van der Waals surface area contributed by atoms with E-state index in [4.69, 9.17) is 0 Å². The third-order valence-electron chi connectivity index (χ3n) is 3.89. The summed E-state index contributed by atoms with van der Waals surface area (Å²) in [5.41, 5.74) is 0.522. The van der Waals surface area contributed by atoms with Crippen LogP contribution in [0.1, 0.15) is 5.56 Å². The van der Waals surface area contributed by atoms with Crippen LogP contribution in [-0.2, 0) is 14.8 Å². The van der Waals surface area contributed by atoms with Crippen LogP contribution in [0.4, 0.5) is 0 Å². The van der Waals surface area contributed by atoms with Crippen molar-refractivity contribution in [2.24, 2.45) is 4.99 Å². The highest BCUT2D eigenvalue weighted by Crippen LogP contribution is 2.22. The Kier molecular flexibility index (Phi) is 3.88. The van der Waals surface area contributed by atoms with E-state index in [1.54, 1.807) is 23.1 Å². The number of sulfonamides is 1. The summed E-state index contributed by atoms with van der Waals surface area (Å²) in [5.74, 6) is 0.169. The number of carbonyl (C=O) groups is 1. The Bertz CT molecular complexity index is 721. The number of amides is 1. The first-order valence-electron chi connectivity index (χ1n) is 7.10. The van der Waals surface area contributed by atoms with E-state index in [9.17, 15) is 13.2 Å². The standard InChI is InChI=1S/C14H18N4O3S/c1-17-6-8-18(9-7-17)13(19)10-15-14-11-4-2-3-5-12(11)22(20,21)16-14/h2-5H,6-10H2,1H3,(H,15,16). The van der Waals surface area contributed by atoms with E-state index in [2.05, 4.69) is 14.6 Å². The Hall–Kier alpha value is -1.93. The van der Waals surface area contributed by atoms with E-state index in [-0.39, 0.29) is 23.2 Å². The van der Waals surface area contributed by atoms with E-state index >= 15 is 0 Å². The molecule has 1 aromatic rings. The molecule has 1 saturated heterocycles. The smallest absolute Gasteiger partial charge is 0.263 e. The minimum Gasteiger partial charge on any atom is -0.339 e. The number of fused-ring (bicyclic) bond motifs is 1. The van der Waals surface area contributed by atoms with E-state index in [1.165, 1.54) is 6.07 Å². The molecule has 0 spiro atoms. The minimum absolute atomic E-state index is 0.0457.